The molecule has 0 bridgehead atoms. The van der Waals surface area contributed by atoms with Crippen molar-refractivity contribution >= 4 is 17.6 Å². The standard InChI is InChI=1S/C20H24N4O/c1-14-7-9-15(10-8-14)12-22-20(21-2)23-13-16-11-19(25)24-18-6-4-3-5-17(16)18/h3-10,16H,11-13H2,1-2H3,(H,24,25)(H2,21,22,23). The number of anilines is 1. The van der Waals surface area contributed by atoms with Crippen LogP contribution in [-0.2, 0) is 11.3 Å². The number of amides is 1. The molecule has 2 aromatic carbocycles. The predicted molar refractivity (Wildman–Crippen MR) is 102 cm³/mol. The van der Waals surface area contributed by atoms with Crippen molar-refractivity contribution < 1.29 is 4.79 Å². The van der Waals surface area contributed by atoms with Crippen molar-refractivity contribution in [2.75, 3.05) is 18.9 Å². The van der Waals surface area contributed by atoms with Crippen LogP contribution >= 0.6 is 0 Å². The van der Waals surface area contributed by atoms with E-state index < -0.39 is 0 Å². The first kappa shape index (κ1) is 17.0. The maximum absolute atomic E-state index is 11.9. The van der Waals surface area contributed by atoms with Crippen LogP contribution in [-0.4, -0.2) is 25.5 Å². The fourth-order valence-electron chi connectivity index (χ4n) is 3.02. The number of nitrogens with zero attached hydrogens (tertiary/aromatic N) is 1. The Morgan fingerprint density at radius 2 is 1.92 bits per heavy atom. The Kier molecular flexibility index (Phi) is 5.33. The zero-order valence-electron chi connectivity index (χ0n) is 14.7. The number of para-hydroxylation sites is 1. The first-order valence-corrected chi connectivity index (χ1v) is 8.54. The molecule has 3 rings (SSSR count). The van der Waals surface area contributed by atoms with Gasteiger partial charge in [0, 0.05) is 38.2 Å². The molecule has 5 nitrogen and oxygen atoms in total. The van der Waals surface area contributed by atoms with Crippen LogP contribution in [0, 0.1) is 6.92 Å². The van der Waals surface area contributed by atoms with E-state index in [1.165, 1.54) is 16.7 Å². The molecule has 0 aromatic heterocycles. The van der Waals surface area contributed by atoms with E-state index in [0.717, 1.165) is 11.6 Å². The minimum atomic E-state index is 0.0631. The number of rotatable bonds is 4. The molecule has 5 heteroatoms. The zero-order valence-corrected chi connectivity index (χ0v) is 14.7. The highest BCUT2D eigenvalue weighted by molar-refractivity contribution is 5.94. The molecular formula is C20H24N4O. The Balaban J connectivity index is 1.58. The first-order valence-electron chi connectivity index (χ1n) is 8.54. The number of hydrogen-bond acceptors (Lipinski definition) is 2. The normalized spacial score (nSPS) is 16.8. The van der Waals surface area contributed by atoms with Crippen molar-refractivity contribution in [3.8, 4) is 0 Å². The molecule has 0 radical (unpaired) electrons. The van der Waals surface area contributed by atoms with E-state index in [1.54, 1.807) is 7.05 Å². The third-order valence-electron chi connectivity index (χ3n) is 4.43. The average Bonchev–Trinajstić information content (AvgIpc) is 2.63. The predicted octanol–water partition coefficient (Wildman–Crippen LogP) is 2.79. The molecule has 0 aliphatic carbocycles. The van der Waals surface area contributed by atoms with Crippen LogP contribution in [0.2, 0.25) is 0 Å². The average molecular weight is 336 g/mol. The molecule has 3 N–H and O–H groups in total. The molecule has 25 heavy (non-hydrogen) atoms. The lowest BCUT2D eigenvalue weighted by Crippen LogP contribution is -2.40. The van der Waals surface area contributed by atoms with Gasteiger partial charge in [-0.05, 0) is 24.1 Å². The lowest BCUT2D eigenvalue weighted by atomic mass is 9.90. The number of benzene rings is 2. The molecule has 1 aliphatic rings. The fraction of sp³-hybridized carbons (Fsp3) is 0.300. The summed E-state index contributed by atoms with van der Waals surface area (Å²) in [5, 5.41) is 9.59. The molecular weight excluding hydrogens is 312 g/mol. The minimum absolute atomic E-state index is 0.0631. The van der Waals surface area contributed by atoms with E-state index in [1.807, 2.05) is 18.2 Å². The van der Waals surface area contributed by atoms with Crippen LogP contribution < -0.4 is 16.0 Å². The van der Waals surface area contributed by atoms with Crippen LogP contribution in [0.25, 0.3) is 0 Å². The number of hydrogen-bond donors (Lipinski definition) is 3. The minimum Gasteiger partial charge on any atom is -0.356 e. The van der Waals surface area contributed by atoms with Gasteiger partial charge < -0.3 is 16.0 Å². The summed E-state index contributed by atoms with van der Waals surface area (Å²) in [4.78, 5) is 16.2. The number of carbonyl (C=O) groups is 1. The van der Waals surface area contributed by atoms with Crippen molar-refractivity contribution in [3.05, 3.63) is 65.2 Å². The van der Waals surface area contributed by atoms with E-state index in [9.17, 15) is 4.79 Å². The summed E-state index contributed by atoms with van der Waals surface area (Å²) in [5.41, 5.74) is 4.54. The number of aliphatic imine (C=N–C) groups is 1. The first-order chi connectivity index (χ1) is 12.2. The zero-order chi connectivity index (χ0) is 17.6. The fourth-order valence-corrected chi connectivity index (χ4v) is 3.02. The number of guanidine groups is 1. The Labute approximate surface area is 148 Å². The summed E-state index contributed by atoms with van der Waals surface area (Å²) in [5.74, 6) is 0.944. The van der Waals surface area contributed by atoms with E-state index in [0.29, 0.717) is 19.5 Å². The SMILES string of the molecule is CN=C(NCc1ccc(C)cc1)NCC1CC(=O)Nc2ccccc21. The molecule has 1 heterocycles. The van der Waals surface area contributed by atoms with Gasteiger partial charge in [0.2, 0.25) is 5.91 Å². The third kappa shape index (κ3) is 4.38. The molecule has 1 aliphatic heterocycles. The van der Waals surface area contributed by atoms with Gasteiger partial charge in [-0.3, -0.25) is 9.79 Å². The maximum Gasteiger partial charge on any atom is 0.225 e. The van der Waals surface area contributed by atoms with Gasteiger partial charge in [0.25, 0.3) is 0 Å². The smallest absolute Gasteiger partial charge is 0.225 e. The molecule has 130 valence electrons. The molecule has 1 amide bonds. The highest BCUT2D eigenvalue weighted by Gasteiger charge is 2.24. The van der Waals surface area contributed by atoms with Crippen LogP contribution in [0.3, 0.4) is 0 Å². The van der Waals surface area contributed by atoms with E-state index in [4.69, 9.17) is 0 Å². The van der Waals surface area contributed by atoms with Crippen LogP contribution in [0.15, 0.2) is 53.5 Å². The van der Waals surface area contributed by atoms with Gasteiger partial charge in [-0.15, -0.1) is 0 Å². The summed E-state index contributed by atoms with van der Waals surface area (Å²) < 4.78 is 0. The topological polar surface area (TPSA) is 65.5 Å². The van der Waals surface area contributed by atoms with Crippen molar-refractivity contribution in [1.29, 1.82) is 0 Å². The Hall–Kier alpha value is -2.82. The van der Waals surface area contributed by atoms with Gasteiger partial charge in [0.15, 0.2) is 5.96 Å². The van der Waals surface area contributed by atoms with E-state index >= 15 is 0 Å². The molecule has 2 aromatic rings. The molecule has 0 saturated heterocycles. The number of carbonyl (C=O) groups excluding carboxylic acids is 1. The number of fused-ring (bicyclic) bond motifs is 1. The number of aryl methyl sites for hydroxylation is 1. The second-order valence-electron chi connectivity index (χ2n) is 6.33. The van der Waals surface area contributed by atoms with Gasteiger partial charge in [-0.1, -0.05) is 48.0 Å². The van der Waals surface area contributed by atoms with Gasteiger partial charge in [-0.25, -0.2) is 0 Å². The second kappa shape index (κ2) is 7.83. The Bertz CT molecular complexity index is 768. The van der Waals surface area contributed by atoms with Crippen molar-refractivity contribution in [1.82, 2.24) is 10.6 Å². The van der Waals surface area contributed by atoms with Crippen molar-refractivity contribution in [2.45, 2.75) is 25.8 Å². The van der Waals surface area contributed by atoms with E-state index in [2.05, 4.69) is 58.2 Å². The number of nitrogens with one attached hydrogen (secondary N) is 3. The lowest BCUT2D eigenvalue weighted by Gasteiger charge is -2.26. The van der Waals surface area contributed by atoms with Crippen molar-refractivity contribution in [2.24, 2.45) is 4.99 Å². The molecule has 1 unspecified atom stereocenters. The van der Waals surface area contributed by atoms with Gasteiger partial charge in [-0.2, -0.15) is 0 Å². The van der Waals surface area contributed by atoms with Crippen LogP contribution in [0.1, 0.15) is 29.0 Å². The summed E-state index contributed by atoms with van der Waals surface area (Å²) in [6, 6.07) is 16.4. The highest BCUT2D eigenvalue weighted by atomic mass is 16.1. The van der Waals surface area contributed by atoms with Gasteiger partial charge >= 0.3 is 0 Å². The highest BCUT2D eigenvalue weighted by Crippen LogP contribution is 2.31. The van der Waals surface area contributed by atoms with Gasteiger partial charge in [0.05, 0.1) is 0 Å². The quantitative estimate of drug-likeness (QED) is 0.594. The molecule has 1 atom stereocenters. The van der Waals surface area contributed by atoms with Gasteiger partial charge in [0.1, 0.15) is 0 Å². The summed E-state index contributed by atoms with van der Waals surface area (Å²) in [7, 11) is 1.76. The summed E-state index contributed by atoms with van der Waals surface area (Å²) in [6.07, 6.45) is 0.485. The Morgan fingerprint density at radius 1 is 1.16 bits per heavy atom. The second-order valence-corrected chi connectivity index (χ2v) is 6.33. The third-order valence-corrected chi connectivity index (χ3v) is 4.43. The molecule has 0 spiro atoms. The largest absolute Gasteiger partial charge is 0.356 e. The molecule has 0 fully saturated rings. The maximum atomic E-state index is 11.9. The lowest BCUT2D eigenvalue weighted by molar-refractivity contribution is -0.116. The van der Waals surface area contributed by atoms with Crippen LogP contribution in [0.5, 0.6) is 0 Å². The van der Waals surface area contributed by atoms with Crippen molar-refractivity contribution in [3.63, 3.8) is 0 Å². The summed E-state index contributed by atoms with van der Waals surface area (Å²) >= 11 is 0. The monoisotopic (exact) mass is 336 g/mol. The summed E-state index contributed by atoms with van der Waals surface area (Å²) in [6.45, 7) is 3.45. The Morgan fingerprint density at radius 3 is 2.68 bits per heavy atom. The molecule has 0 saturated carbocycles. The van der Waals surface area contributed by atoms with E-state index in [-0.39, 0.29) is 11.8 Å². The van der Waals surface area contributed by atoms with Crippen LogP contribution in [0.4, 0.5) is 5.69 Å².